The van der Waals surface area contributed by atoms with Gasteiger partial charge in [0.15, 0.2) is 9.84 Å². The molecule has 1 aromatic heterocycles. The Morgan fingerprint density at radius 1 is 1.08 bits per heavy atom. The predicted octanol–water partition coefficient (Wildman–Crippen LogP) is -0.302. The minimum atomic E-state index is -3.32. The molecule has 3 heterocycles. The number of carbonyl (C=O) groups excluding carboxylic acids is 2. The van der Waals surface area contributed by atoms with Crippen LogP contribution in [0.1, 0.15) is 22.0 Å². The Hall–Kier alpha value is -2.23. The Kier molecular flexibility index (Phi) is 4.63. The lowest BCUT2D eigenvalue weighted by Gasteiger charge is -2.44. The van der Waals surface area contributed by atoms with E-state index in [1.807, 2.05) is 0 Å². The highest BCUT2D eigenvalue weighted by molar-refractivity contribution is 7.91. The number of fused-ring (bicyclic) bond motifs is 1. The number of hydrogen-bond donors (Lipinski definition) is 0. The molecule has 9 nitrogen and oxygen atoms in total. The van der Waals surface area contributed by atoms with Crippen molar-refractivity contribution in [1.82, 2.24) is 24.7 Å². The molecule has 2 aliphatic heterocycles. The van der Waals surface area contributed by atoms with E-state index in [2.05, 4.69) is 9.97 Å². The number of sulfone groups is 1. The van der Waals surface area contributed by atoms with E-state index in [4.69, 9.17) is 0 Å². The average Bonchev–Trinajstić information content (AvgIpc) is 2.86. The summed E-state index contributed by atoms with van der Waals surface area (Å²) < 4.78 is 24.5. The van der Waals surface area contributed by atoms with Gasteiger partial charge in [0.25, 0.3) is 5.91 Å². The summed E-state index contributed by atoms with van der Waals surface area (Å²) >= 11 is 0. The van der Waals surface area contributed by atoms with Crippen LogP contribution < -0.4 is 0 Å². The van der Waals surface area contributed by atoms with Crippen LogP contribution in [0.3, 0.4) is 0 Å². The van der Waals surface area contributed by atoms with Crippen molar-refractivity contribution in [2.75, 3.05) is 38.7 Å². The second-order valence-corrected chi connectivity index (χ2v) is 9.18. The van der Waals surface area contributed by atoms with E-state index < -0.39 is 21.9 Å². The van der Waals surface area contributed by atoms with Crippen molar-refractivity contribution in [2.24, 2.45) is 0 Å². The molecule has 2 fully saturated rings. The quantitative estimate of drug-likeness (QED) is 0.661. The molecule has 2 saturated heterocycles. The van der Waals surface area contributed by atoms with Crippen LogP contribution in [0, 0.1) is 13.8 Å². The van der Waals surface area contributed by atoms with Gasteiger partial charge in [-0.3, -0.25) is 4.79 Å². The average molecular weight is 381 g/mol. The fourth-order valence-corrected chi connectivity index (χ4v) is 5.65. The zero-order valence-electron chi connectivity index (χ0n) is 15.3. The number of aryl methyl sites for hydroxylation is 2. The van der Waals surface area contributed by atoms with Crippen LogP contribution in [0.15, 0.2) is 6.07 Å². The smallest absolute Gasteiger partial charge is 0.319 e. The lowest BCUT2D eigenvalue weighted by molar-refractivity contribution is 0.0388. The second-order valence-electron chi connectivity index (χ2n) is 7.02. The minimum Gasteiger partial charge on any atom is -0.331 e. The van der Waals surface area contributed by atoms with E-state index in [0.29, 0.717) is 18.1 Å². The molecule has 0 bridgehead atoms. The zero-order chi connectivity index (χ0) is 19.2. The van der Waals surface area contributed by atoms with E-state index in [9.17, 15) is 18.0 Å². The minimum absolute atomic E-state index is 0.122. The number of piperazine rings is 1. The Morgan fingerprint density at radius 2 is 1.65 bits per heavy atom. The highest BCUT2D eigenvalue weighted by Crippen LogP contribution is 2.28. The number of rotatable bonds is 1. The van der Waals surface area contributed by atoms with E-state index in [0.717, 1.165) is 0 Å². The molecule has 10 heteroatoms. The number of nitrogens with zero attached hydrogens (tertiary/aromatic N) is 5. The molecule has 3 rings (SSSR count). The third-order valence-corrected chi connectivity index (χ3v) is 6.45. The Balaban J connectivity index is 1.93. The first kappa shape index (κ1) is 18.6. The van der Waals surface area contributed by atoms with Gasteiger partial charge in [-0.05, 0) is 19.9 Å². The molecule has 26 heavy (non-hydrogen) atoms. The molecule has 2 aliphatic rings. The zero-order valence-corrected chi connectivity index (χ0v) is 16.2. The van der Waals surface area contributed by atoms with Crippen molar-refractivity contribution >= 4 is 21.8 Å². The summed E-state index contributed by atoms with van der Waals surface area (Å²) in [6.07, 6.45) is 0. The molecule has 2 atom stereocenters. The molecule has 3 amide bonds. The van der Waals surface area contributed by atoms with Crippen LogP contribution in [-0.2, 0) is 9.84 Å². The van der Waals surface area contributed by atoms with E-state index in [1.54, 1.807) is 43.8 Å². The summed E-state index contributed by atoms with van der Waals surface area (Å²) in [5.74, 6) is -0.0833. The van der Waals surface area contributed by atoms with Crippen molar-refractivity contribution in [1.29, 1.82) is 0 Å². The molecule has 0 radical (unpaired) electrons. The second kappa shape index (κ2) is 6.49. The van der Waals surface area contributed by atoms with E-state index in [-0.39, 0.29) is 35.7 Å². The van der Waals surface area contributed by atoms with Crippen LogP contribution in [0.4, 0.5) is 4.79 Å². The standard InChI is InChI=1S/C16H23N5O4S/c1-10-7-12(18-11(2)17-10)15(22)20-5-6-21(16(23)19(3)4)14-9-26(24,25)8-13(14)20/h7,13-14H,5-6,8-9H2,1-4H3/t13-,14+/m0/s1. The van der Waals surface area contributed by atoms with E-state index >= 15 is 0 Å². The van der Waals surface area contributed by atoms with Crippen molar-refractivity contribution in [3.8, 4) is 0 Å². The normalized spacial score (nSPS) is 24.3. The number of hydrogen-bond acceptors (Lipinski definition) is 6. The highest BCUT2D eigenvalue weighted by atomic mass is 32.2. The fraction of sp³-hybridized carbons (Fsp3) is 0.625. The maximum atomic E-state index is 13.0. The van der Waals surface area contributed by atoms with Crippen molar-refractivity contribution in [3.05, 3.63) is 23.3 Å². The molecule has 0 spiro atoms. The number of amides is 3. The van der Waals surface area contributed by atoms with Crippen LogP contribution >= 0.6 is 0 Å². The molecular formula is C16H23N5O4S. The molecule has 142 valence electrons. The largest absolute Gasteiger partial charge is 0.331 e. The van der Waals surface area contributed by atoms with Crippen LogP contribution in [0.5, 0.6) is 0 Å². The van der Waals surface area contributed by atoms with Gasteiger partial charge in [-0.2, -0.15) is 0 Å². The van der Waals surface area contributed by atoms with Gasteiger partial charge in [0, 0.05) is 32.9 Å². The summed E-state index contributed by atoms with van der Waals surface area (Å²) in [6.45, 7) is 4.06. The summed E-state index contributed by atoms with van der Waals surface area (Å²) in [6, 6.07) is 0.279. The molecule has 0 N–H and O–H groups in total. The van der Waals surface area contributed by atoms with Crippen LogP contribution in [0.2, 0.25) is 0 Å². The van der Waals surface area contributed by atoms with Gasteiger partial charge >= 0.3 is 6.03 Å². The lowest BCUT2D eigenvalue weighted by Crippen LogP contribution is -2.63. The van der Waals surface area contributed by atoms with Crippen LogP contribution in [-0.4, -0.2) is 95.8 Å². The lowest BCUT2D eigenvalue weighted by atomic mass is 10.0. The first-order chi connectivity index (χ1) is 12.1. The maximum Gasteiger partial charge on any atom is 0.319 e. The van der Waals surface area contributed by atoms with E-state index in [1.165, 1.54) is 4.90 Å². The number of urea groups is 1. The van der Waals surface area contributed by atoms with Gasteiger partial charge < -0.3 is 14.7 Å². The predicted molar refractivity (Wildman–Crippen MR) is 94.6 cm³/mol. The monoisotopic (exact) mass is 381 g/mol. The summed E-state index contributed by atoms with van der Waals surface area (Å²) in [4.78, 5) is 38.3. The molecule has 1 aromatic rings. The Morgan fingerprint density at radius 3 is 2.23 bits per heavy atom. The summed E-state index contributed by atoms with van der Waals surface area (Å²) in [5.41, 5.74) is 0.934. The first-order valence-corrected chi connectivity index (χ1v) is 10.2. The van der Waals surface area contributed by atoms with Crippen LogP contribution in [0.25, 0.3) is 0 Å². The summed E-state index contributed by atoms with van der Waals surface area (Å²) in [5, 5.41) is 0. The first-order valence-electron chi connectivity index (χ1n) is 8.40. The molecule has 0 aliphatic carbocycles. The number of carbonyl (C=O) groups is 2. The van der Waals surface area contributed by atoms with Gasteiger partial charge in [-0.25, -0.2) is 23.2 Å². The van der Waals surface area contributed by atoms with Gasteiger partial charge in [0.05, 0.1) is 23.6 Å². The Labute approximate surface area is 152 Å². The fourth-order valence-electron chi connectivity index (χ4n) is 3.67. The molecule has 0 aromatic carbocycles. The SMILES string of the molecule is Cc1cc(C(=O)N2CCN(C(=O)N(C)C)[C@@H]3CS(=O)(=O)C[C@@H]32)nc(C)n1. The third-order valence-electron chi connectivity index (χ3n) is 4.75. The number of aromatic nitrogens is 2. The van der Waals surface area contributed by atoms with Gasteiger partial charge in [0.1, 0.15) is 11.5 Å². The maximum absolute atomic E-state index is 13.0. The molecular weight excluding hydrogens is 358 g/mol. The molecule has 0 unspecified atom stereocenters. The van der Waals surface area contributed by atoms with Crippen molar-refractivity contribution in [3.63, 3.8) is 0 Å². The Bertz CT molecular complexity index is 834. The molecule has 0 saturated carbocycles. The van der Waals surface area contributed by atoms with Crippen molar-refractivity contribution in [2.45, 2.75) is 25.9 Å². The third kappa shape index (κ3) is 3.37. The summed E-state index contributed by atoms with van der Waals surface area (Å²) in [7, 11) is -0.0655. The van der Waals surface area contributed by atoms with Crippen molar-refractivity contribution < 1.29 is 18.0 Å². The van der Waals surface area contributed by atoms with Gasteiger partial charge in [-0.1, -0.05) is 0 Å². The van der Waals surface area contributed by atoms with Gasteiger partial charge in [-0.15, -0.1) is 0 Å². The highest BCUT2D eigenvalue weighted by Gasteiger charge is 2.50. The topological polar surface area (TPSA) is 104 Å². The van der Waals surface area contributed by atoms with Gasteiger partial charge in [0.2, 0.25) is 0 Å².